The summed E-state index contributed by atoms with van der Waals surface area (Å²) >= 11 is 0. The van der Waals surface area contributed by atoms with Gasteiger partial charge in [-0.05, 0) is 0 Å². The number of nitrogens with zero attached hydrogens (tertiary/aromatic N) is 1. The summed E-state index contributed by atoms with van der Waals surface area (Å²) < 4.78 is 34.8. The summed E-state index contributed by atoms with van der Waals surface area (Å²) in [5.74, 6) is -0.728. The summed E-state index contributed by atoms with van der Waals surface area (Å²) in [5, 5.41) is 0. The van der Waals surface area contributed by atoms with Crippen LogP contribution in [0.2, 0.25) is 0 Å². The van der Waals surface area contributed by atoms with Gasteiger partial charge >= 0.3 is 5.97 Å². The number of pyridine rings is 1. The number of alkyl halides is 2. The predicted octanol–water partition coefficient (Wildman–Crippen LogP) is 1.27. The first-order chi connectivity index (χ1) is 8.06. The Morgan fingerprint density at radius 3 is 2.59 bits per heavy atom. The van der Waals surface area contributed by atoms with Crippen molar-refractivity contribution in [1.82, 2.24) is 4.98 Å². The Labute approximate surface area is 96.5 Å². The van der Waals surface area contributed by atoms with E-state index in [1.807, 2.05) is 0 Å². The average molecular weight is 246 g/mol. The van der Waals surface area contributed by atoms with E-state index in [-0.39, 0.29) is 23.4 Å². The molecule has 2 N–H and O–H groups in total. The number of carbonyl (C=O) groups is 1. The first-order valence-corrected chi connectivity index (χ1v) is 4.69. The highest BCUT2D eigenvalue weighted by atomic mass is 19.3. The molecule has 1 aromatic heterocycles. The Morgan fingerprint density at radius 2 is 2.18 bits per heavy atom. The molecule has 0 aromatic carbocycles. The number of esters is 1. The molecule has 94 valence electrons. The highest BCUT2D eigenvalue weighted by Gasteiger charge is 2.25. The molecule has 1 heterocycles. The summed E-state index contributed by atoms with van der Waals surface area (Å²) in [6.45, 7) is -0.256. The van der Waals surface area contributed by atoms with Crippen molar-refractivity contribution in [3.05, 3.63) is 23.0 Å². The molecule has 0 saturated carbocycles. The van der Waals surface area contributed by atoms with Gasteiger partial charge in [0.2, 0.25) is 0 Å². The van der Waals surface area contributed by atoms with Gasteiger partial charge in [0.25, 0.3) is 6.43 Å². The minimum atomic E-state index is -2.82. The van der Waals surface area contributed by atoms with Crippen LogP contribution in [-0.2, 0) is 11.3 Å². The summed E-state index contributed by atoms with van der Waals surface area (Å²) in [6.07, 6.45) is -1.77. The number of aromatic nitrogens is 1. The van der Waals surface area contributed by atoms with E-state index in [0.29, 0.717) is 0 Å². The van der Waals surface area contributed by atoms with Crippen LogP contribution in [0.1, 0.15) is 28.0 Å². The molecule has 0 unspecified atom stereocenters. The Kier molecular flexibility index (Phi) is 4.33. The lowest BCUT2D eigenvalue weighted by Gasteiger charge is -2.13. The van der Waals surface area contributed by atoms with Crippen molar-refractivity contribution < 1.29 is 23.0 Å². The number of nitrogens with two attached hydrogens (primary N) is 1. The molecule has 7 heteroatoms. The second-order valence-electron chi connectivity index (χ2n) is 3.06. The zero-order chi connectivity index (χ0) is 13.0. The molecule has 0 aliphatic heterocycles. The second kappa shape index (κ2) is 5.53. The molecular formula is C10H12F2N2O3. The number of methoxy groups -OCH3 is 2. The van der Waals surface area contributed by atoms with Crippen LogP contribution in [0.3, 0.4) is 0 Å². The number of carbonyl (C=O) groups excluding carboxylic acids is 1. The van der Waals surface area contributed by atoms with Crippen LogP contribution in [0.25, 0.3) is 0 Å². The monoisotopic (exact) mass is 246 g/mol. The fourth-order valence-electron chi connectivity index (χ4n) is 1.42. The van der Waals surface area contributed by atoms with E-state index in [2.05, 4.69) is 9.72 Å². The number of rotatable bonds is 4. The van der Waals surface area contributed by atoms with E-state index >= 15 is 0 Å². The van der Waals surface area contributed by atoms with Crippen LogP contribution in [0, 0.1) is 0 Å². The zero-order valence-corrected chi connectivity index (χ0v) is 9.37. The smallest absolute Gasteiger partial charge is 0.342 e. The van der Waals surface area contributed by atoms with Crippen LogP contribution in [-0.4, -0.2) is 25.2 Å². The maximum absolute atomic E-state index is 12.7. The first-order valence-electron chi connectivity index (χ1n) is 4.69. The fourth-order valence-corrected chi connectivity index (χ4v) is 1.42. The first kappa shape index (κ1) is 13.3. The highest BCUT2D eigenvalue weighted by molar-refractivity contribution is 5.94. The molecule has 0 radical (unpaired) electrons. The van der Waals surface area contributed by atoms with Crippen molar-refractivity contribution in [2.75, 3.05) is 14.2 Å². The number of hydrogen-bond donors (Lipinski definition) is 1. The Bertz CT molecular complexity index is 424. The Hall–Kier alpha value is -1.76. The minimum absolute atomic E-state index is 0.0571. The largest absolute Gasteiger partial charge is 0.494 e. The van der Waals surface area contributed by atoms with E-state index in [4.69, 9.17) is 10.5 Å². The van der Waals surface area contributed by atoms with Crippen molar-refractivity contribution in [3.63, 3.8) is 0 Å². The van der Waals surface area contributed by atoms with Gasteiger partial charge in [0.05, 0.1) is 20.4 Å². The van der Waals surface area contributed by atoms with Crippen molar-refractivity contribution in [1.29, 1.82) is 0 Å². The minimum Gasteiger partial charge on any atom is -0.494 e. The molecule has 0 spiro atoms. The normalized spacial score (nSPS) is 10.5. The molecule has 0 aliphatic carbocycles. The molecule has 0 amide bonds. The van der Waals surface area contributed by atoms with Crippen LogP contribution in [0.15, 0.2) is 6.20 Å². The van der Waals surface area contributed by atoms with Gasteiger partial charge in [-0.15, -0.1) is 0 Å². The summed E-state index contributed by atoms with van der Waals surface area (Å²) in [4.78, 5) is 15.1. The van der Waals surface area contributed by atoms with Gasteiger partial charge in [0.15, 0.2) is 5.75 Å². The molecule has 1 aromatic rings. The van der Waals surface area contributed by atoms with Crippen LogP contribution in [0.4, 0.5) is 8.78 Å². The molecule has 1 rings (SSSR count). The Balaban J connectivity index is 3.48. The summed E-state index contributed by atoms with van der Waals surface area (Å²) in [5.41, 5.74) is 4.66. The van der Waals surface area contributed by atoms with Crippen molar-refractivity contribution in [2.45, 2.75) is 13.0 Å². The quantitative estimate of drug-likeness (QED) is 0.810. The van der Waals surface area contributed by atoms with E-state index in [9.17, 15) is 13.6 Å². The maximum Gasteiger partial charge on any atom is 0.342 e. The topological polar surface area (TPSA) is 74.4 Å². The number of ether oxygens (including phenoxy) is 2. The van der Waals surface area contributed by atoms with E-state index in [0.717, 1.165) is 13.3 Å². The summed E-state index contributed by atoms with van der Waals surface area (Å²) in [6, 6.07) is 0. The van der Waals surface area contributed by atoms with Crippen molar-refractivity contribution in [3.8, 4) is 5.75 Å². The van der Waals surface area contributed by atoms with Gasteiger partial charge < -0.3 is 15.2 Å². The number of hydrogen-bond acceptors (Lipinski definition) is 5. The zero-order valence-electron chi connectivity index (χ0n) is 9.37. The average Bonchev–Trinajstić information content (AvgIpc) is 2.35. The van der Waals surface area contributed by atoms with Gasteiger partial charge in [0, 0.05) is 12.1 Å². The third kappa shape index (κ3) is 2.50. The lowest BCUT2D eigenvalue weighted by Crippen LogP contribution is -2.15. The van der Waals surface area contributed by atoms with Crippen LogP contribution >= 0.6 is 0 Å². The van der Waals surface area contributed by atoms with Gasteiger partial charge in [-0.3, -0.25) is 4.98 Å². The highest BCUT2D eigenvalue weighted by Crippen LogP contribution is 2.29. The molecular weight excluding hydrogens is 234 g/mol. The maximum atomic E-state index is 12.7. The standard InChI is InChI=1S/C10H12F2N2O3/c1-16-6-4-14-8(9(11)12)5(3-13)7(6)10(15)17-2/h4,9H,3,13H2,1-2H3. The molecule has 0 fully saturated rings. The predicted molar refractivity (Wildman–Crippen MR) is 55.0 cm³/mol. The summed E-state index contributed by atoms with van der Waals surface area (Å²) in [7, 11) is 2.44. The van der Waals surface area contributed by atoms with Crippen molar-refractivity contribution >= 4 is 5.97 Å². The Morgan fingerprint density at radius 1 is 1.53 bits per heavy atom. The SMILES string of the molecule is COC(=O)c1c(OC)cnc(C(F)F)c1CN. The molecule has 17 heavy (non-hydrogen) atoms. The van der Waals surface area contributed by atoms with Crippen LogP contribution in [0.5, 0.6) is 5.75 Å². The molecule has 0 atom stereocenters. The second-order valence-corrected chi connectivity index (χ2v) is 3.06. The van der Waals surface area contributed by atoms with E-state index in [1.54, 1.807) is 0 Å². The van der Waals surface area contributed by atoms with E-state index in [1.165, 1.54) is 7.11 Å². The lowest BCUT2D eigenvalue weighted by atomic mass is 10.1. The third-order valence-electron chi connectivity index (χ3n) is 2.20. The van der Waals surface area contributed by atoms with Crippen LogP contribution < -0.4 is 10.5 Å². The molecule has 0 aliphatic rings. The molecule has 0 bridgehead atoms. The molecule has 0 saturated heterocycles. The van der Waals surface area contributed by atoms with Gasteiger partial charge in [-0.1, -0.05) is 0 Å². The number of halogens is 2. The molecule has 5 nitrogen and oxygen atoms in total. The van der Waals surface area contributed by atoms with Crippen molar-refractivity contribution in [2.24, 2.45) is 5.73 Å². The third-order valence-corrected chi connectivity index (χ3v) is 2.20. The van der Waals surface area contributed by atoms with Gasteiger partial charge in [-0.25, -0.2) is 13.6 Å². The van der Waals surface area contributed by atoms with Gasteiger partial charge in [0.1, 0.15) is 11.3 Å². The lowest BCUT2D eigenvalue weighted by molar-refractivity contribution is 0.0594. The van der Waals surface area contributed by atoms with E-state index < -0.39 is 18.1 Å². The van der Waals surface area contributed by atoms with Gasteiger partial charge in [-0.2, -0.15) is 0 Å². The fraction of sp³-hybridized carbons (Fsp3) is 0.400.